The second-order valence-electron chi connectivity index (χ2n) is 6.89. The largest absolute Gasteiger partial charge is 0.487 e. The van der Waals surface area contributed by atoms with Crippen LogP contribution in [0, 0.1) is 0 Å². The Bertz CT molecular complexity index is 1300. The van der Waals surface area contributed by atoms with Gasteiger partial charge in [0.15, 0.2) is 5.13 Å². The van der Waals surface area contributed by atoms with Crippen LogP contribution in [-0.4, -0.2) is 19.3 Å². The van der Waals surface area contributed by atoms with Crippen LogP contribution in [0.5, 0.6) is 5.75 Å². The lowest BCUT2D eigenvalue weighted by Crippen LogP contribution is -2.22. The van der Waals surface area contributed by atoms with Gasteiger partial charge in [-0.2, -0.15) is 0 Å². The minimum Gasteiger partial charge on any atom is -0.487 e. The quantitative estimate of drug-likeness (QED) is 0.374. The summed E-state index contributed by atoms with van der Waals surface area (Å²) >= 11 is 1.35. The summed E-state index contributed by atoms with van der Waals surface area (Å²) < 4.78 is 31.1. The first-order valence-corrected chi connectivity index (χ1v) is 12.1. The van der Waals surface area contributed by atoms with Gasteiger partial charge in [0.05, 0.1) is 21.2 Å². The molecule has 0 aliphatic heterocycles. The van der Waals surface area contributed by atoms with E-state index < -0.39 is 9.84 Å². The highest BCUT2D eigenvalue weighted by molar-refractivity contribution is 7.91. The molecule has 4 rings (SSSR count). The number of benzene rings is 3. The third-order valence-electron chi connectivity index (χ3n) is 4.63. The van der Waals surface area contributed by atoms with Crippen molar-refractivity contribution < 1.29 is 17.9 Å². The minimum absolute atomic E-state index is 0.131. The Balaban J connectivity index is 1.45. The average molecular weight is 465 g/mol. The second kappa shape index (κ2) is 9.33. The van der Waals surface area contributed by atoms with Crippen molar-refractivity contribution in [1.82, 2.24) is 4.98 Å². The topological polar surface area (TPSA) is 76.6 Å². The number of nitrogens with zero attached hydrogens (tertiary/aromatic N) is 2. The van der Waals surface area contributed by atoms with E-state index in [1.165, 1.54) is 30.4 Å². The number of sulfone groups is 1. The highest BCUT2D eigenvalue weighted by Crippen LogP contribution is 2.29. The molecule has 0 atom stereocenters. The van der Waals surface area contributed by atoms with Crippen molar-refractivity contribution in [1.29, 1.82) is 0 Å². The summed E-state index contributed by atoms with van der Waals surface area (Å²) in [5.41, 5.74) is 1.42. The molecule has 0 bridgehead atoms. The maximum absolute atomic E-state index is 12.7. The molecule has 8 heteroatoms. The Kier molecular flexibility index (Phi) is 6.34. The van der Waals surface area contributed by atoms with E-state index in [0.717, 1.165) is 5.69 Å². The normalized spacial score (nSPS) is 11.2. The van der Waals surface area contributed by atoms with Gasteiger partial charge in [0.1, 0.15) is 12.4 Å². The predicted molar refractivity (Wildman–Crippen MR) is 124 cm³/mol. The number of rotatable bonds is 7. The second-order valence-corrected chi connectivity index (χ2v) is 9.67. The lowest BCUT2D eigenvalue weighted by atomic mass is 10.3. The maximum atomic E-state index is 12.7. The summed E-state index contributed by atoms with van der Waals surface area (Å²) in [7, 11) is -3.57. The van der Waals surface area contributed by atoms with Crippen LogP contribution in [0.15, 0.2) is 100 Å². The Hall–Kier alpha value is -3.49. The van der Waals surface area contributed by atoms with Crippen molar-refractivity contribution >= 4 is 37.9 Å². The molecule has 1 amide bonds. The van der Waals surface area contributed by atoms with E-state index in [2.05, 4.69) is 4.98 Å². The van der Waals surface area contributed by atoms with Crippen LogP contribution >= 0.6 is 11.3 Å². The smallest absolute Gasteiger partial charge is 0.230 e. The number of carbonyl (C=O) groups excluding carboxylic acids is 1. The Morgan fingerprint density at radius 3 is 2.12 bits per heavy atom. The molecule has 32 heavy (non-hydrogen) atoms. The summed E-state index contributed by atoms with van der Waals surface area (Å²) in [6.07, 6.45) is 0. The van der Waals surface area contributed by atoms with Gasteiger partial charge in [-0.25, -0.2) is 13.4 Å². The number of ether oxygens (including phenoxy) is 1. The molecular formula is C24H20N2O4S2. The van der Waals surface area contributed by atoms with Gasteiger partial charge in [-0.15, -0.1) is 11.3 Å². The van der Waals surface area contributed by atoms with Crippen molar-refractivity contribution in [2.75, 3.05) is 4.90 Å². The van der Waals surface area contributed by atoms with Gasteiger partial charge >= 0.3 is 0 Å². The summed E-state index contributed by atoms with van der Waals surface area (Å²) in [5.74, 6) is 0.395. The number of hydrogen-bond donors (Lipinski definition) is 0. The van der Waals surface area contributed by atoms with E-state index in [-0.39, 0.29) is 22.3 Å². The molecule has 6 nitrogen and oxygen atoms in total. The van der Waals surface area contributed by atoms with E-state index in [9.17, 15) is 13.2 Å². The third kappa shape index (κ3) is 4.71. The molecule has 0 N–H and O–H groups in total. The SMILES string of the molecule is CC(=O)N(c1ccccc1)c1nc(COc2ccc(S(=O)(=O)c3ccccc3)cc2)cs1. The van der Waals surface area contributed by atoms with E-state index in [4.69, 9.17) is 4.74 Å². The maximum Gasteiger partial charge on any atom is 0.230 e. The number of carbonyl (C=O) groups is 1. The Morgan fingerprint density at radius 2 is 1.50 bits per heavy atom. The van der Waals surface area contributed by atoms with Gasteiger partial charge in [-0.3, -0.25) is 9.69 Å². The fraction of sp³-hybridized carbons (Fsp3) is 0.0833. The summed E-state index contributed by atoms with van der Waals surface area (Å²) in [6, 6.07) is 23.9. The minimum atomic E-state index is -3.57. The van der Waals surface area contributed by atoms with Crippen molar-refractivity contribution in [2.24, 2.45) is 0 Å². The van der Waals surface area contributed by atoms with Gasteiger partial charge in [0.2, 0.25) is 15.7 Å². The number of anilines is 2. The lowest BCUT2D eigenvalue weighted by molar-refractivity contribution is -0.115. The number of aromatic nitrogens is 1. The van der Waals surface area contributed by atoms with Gasteiger partial charge < -0.3 is 4.74 Å². The van der Waals surface area contributed by atoms with Crippen molar-refractivity contribution in [3.05, 3.63) is 96.0 Å². The van der Waals surface area contributed by atoms with E-state index in [0.29, 0.717) is 16.6 Å². The first kappa shape index (κ1) is 21.7. The zero-order valence-electron chi connectivity index (χ0n) is 17.2. The molecule has 0 radical (unpaired) electrons. The summed E-state index contributed by atoms with van der Waals surface area (Å²) in [4.78, 5) is 18.7. The third-order valence-corrected chi connectivity index (χ3v) is 7.29. The molecule has 0 saturated carbocycles. The highest BCUT2D eigenvalue weighted by atomic mass is 32.2. The molecule has 0 fully saturated rings. The first-order chi connectivity index (χ1) is 15.4. The number of para-hydroxylation sites is 1. The molecule has 3 aromatic carbocycles. The van der Waals surface area contributed by atoms with Gasteiger partial charge in [0.25, 0.3) is 0 Å². The number of thiazole rings is 1. The van der Waals surface area contributed by atoms with Gasteiger partial charge in [-0.05, 0) is 48.5 Å². The van der Waals surface area contributed by atoms with Gasteiger partial charge in [0, 0.05) is 12.3 Å². The molecule has 4 aromatic rings. The first-order valence-electron chi connectivity index (χ1n) is 9.78. The van der Waals surface area contributed by atoms with E-state index in [1.807, 2.05) is 35.7 Å². The lowest BCUT2D eigenvalue weighted by Gasteiger charge is -2.17. The zero-order valence-corrected chi connectivity index (χ0v) is 18.8. The van der Waals surface area contributed by atoms with E-state index >= 15 is 0 Å². The van der Waals surface area contributed by atoms with Crippen LogP contribution in [0.3, 0.4) is 0 Å². The fourth-order valence-electron chi connectivity index (χ4n) is 3.08. The van der Waals surface area contributed by atoms with Crippen LogP contribution in [0.1, 0.15) is 12.6 Å². The fourth-order valence-corrected chi connectivity index (χ4v) is 5.23. The molecule has 1 aromatic heterocycles. The summed E-state index contributed by atoms with van der Waals surface area (Å²) in [6.45, 7) is 1.69. The molecular weight excluding hydrogens is 444 g/mol. The zero-order chi connectivity index (χ0) is 22.6. The molecule has 0 unspecified atom stereocenters. The van der Waals surface area contributed by atoms with Crippen LogP contribution in [0.4, 0.5) is 10.8 Å². The average Bonchev–Trinajstić information content (AvgIpc) is 3.27. The monoisotopic (exact) mass is 464 g/mol. The molecule has 0 spiro atoms. The standard InChI is InChI=1S/C24H20N2O4S2/c1-18(27)26(20-8-4-2-5-9-20)24-25-19(17-31-24)16-30-21-12-14-23(15-13-21)32(28,29)22-10-6-3-7-11-22/h2-15,17H,16H2,1H3. The van der Waals surface area contributed by atoms with Crippen molar-refractivity contribution in [3.8, 4) is 5.75 Å². The Labute approximate surface area is 190 Å². The molecule has 0 saturated heterocycles. The highest BCUT2D eigenvalue weighted by Gasteiger charge is 2.19. The van der Waals surface area contributed by atoms with Crippen molar-refractivity contribution in [3.63, 3.8) is 0 Å². The van der Waals surface area contributed by atoms with Crippen LogP contribution in [-0.2, 0) is 21.2 Å². The molecule has 0 aliphatic carbocycles. The number of amides is 1. The number of hydrogen-bond acceptors (Lipinski definition) is 6. The van der Waals surface area contributed by atoms with Crippen LogP contribution in [0.25, 0.3) is 0 Å². The summed E-state index contributed by atoms with van der Waals surface area (Å²) in [5, 5.41) is 2.40. The van der Waals surface area contributed by atoms with E-state index in [1.54, 1.807) is 47.4 Å². The molecule has 1 heterocycles. The molecule has 0 aliphatic rings. The van der Waals surface area contributed by atoms with Gasteiger partial charge in [-0.1, -0.05) is 36.4 Å². The predicted octanol–water partition coefficient (Wildman–Crippen LogP) is 5.24. The Morgan fingerprint density at radius 1 is 0.906 bits per heavy atom. The van der Waals surface area contributed by atoms with Crippen molar-refractivity contribution in [2.45, 2.75) is 23.3 Å². The molecule has 162 valence electrons. The van der Waals surface area contributed by atoms with Crippen LogP contribution in [0.2, 0.25) is 0 Å². The van der Waals surface area contributed by atoms with Crippen LogP contribution < -0.4 is 9.64 Å².